The lowest BCUT2D eigenvalue weighted by atomic mass is 10.0. The zero-order chi connectivity index (χ0) is 16.5. The molecule has 0 spiro atoms. The molecule has 122 valence electrons. The number of unbranched alkanes of at least 4 members (excludes halogenated alkanes) is 1. The molecule has 2 aromatic carbocycles. The minimum absolute atomic E-state index is 0.0145. The summed E-state index contributed by atoms with van der Waals surface area (Å²) in [5.74, 6) is 0.668. The van der Waals surface area contributed by atoms with Crippen LogP contribution in [0.5, 0.6) is 5.75 Å². The number of benzene rings is 2. The Morgan fingerprint density at radius 3 is 2.57 bits per heavy atom. The Hall–Kier alpha value is -2.29. The van der Waals surface area contributed by atoms with E-state index in [-0.39, 0.29) is 12.0 Å². The number of amides is 1. The van der Waals surface area contributed by atoms with Crippen LogP contribution in [0.25, 0.3) is 0 Å². The second kappa shape index (κ2) is 8.99. The maximum atomic E-state index is 12.0. The molecule has 0 bridgehead atoms. The van der Waals surface area contributed by atoms with Crippen molar-refractivity contribution in [2.24, 2.45) is 0 Å². The molecule has 1 atom stereocenters. The summed E-state index contributed by atoms with van der Waals surface area (Å²) in [6, 6.07) is 17.6. The van der Waals surface area contributed by atoms with Crippen LogP contribution in [0.15, 0.2) is 54.6 Å². The van der Waals surface area contributed by atoms with E-state index in [2.05, 4.69) is 24.4 Å². The van der Waals surface area contributed by atoms with Crippen LogP contribution in [0, 0.1) is 0 Å². The number of ether oxygens (including phenoxy) is 1. The Labute approximate surface area is 138 Å². The zero-order valence-corrected chi connectivity index (χ0v) is 13.9. The van der Waals surface area contributed by atoms with Gasteiger partial charge in [0.15, 0.2) is 0 Å². The van der Waals surface area contributed by atoms with Crippen molar-refractivity contribution in [1.82, 2.24) is 5.32 Å². The Kier molecular flexibility index (Phi) is 6.67. The standard InChI is InChI=1S/C20H25NO2/c1-3-5-14-19(16-10-7-6-8-11-16)23-18-13-9-12-17(15-18)20(22)21-4-2/h6-13,15,19H,3-5,14H2,1-2H3,(H,21,22). The summed E-state index contributed by atoms with van der Waals surface area (Å²) in [5.41, 5.74) is 1.80. The number of nitrogens with one attached hydrogen (secondary N) is 1. The fraction of sp³-hybridized carbons (Fsp3) is 0.350. The van der Waals surface area contributed by atoms with Crippen molar-refractivity contribution < 1.29 is 9.53 Å². The molecule has 2 rings (SSSR count). The predicted octanol–water partition coefficient (Wildman–Crippen LogP) is 4.75. The summed E-state index contributed by atoms with van der Waals surface area (Å²) in [4.78, 5) is 12.0. The first-order chi connectivity index (χ1) is 11.2. The molecule has 0 radical (unpaired) electrons. The van der Waals surface area contributed by atoms with Gasteiger partial charge in [-0.15, -0.1) is 0 Å². The molecule has 0 aliphatic heterocycles. The first-order valence-corrected chi connectivity index (χ1v) is 8.34. The van der Waals surface area contributed by atoms with E-state index < -0.39 is 0 Å². The lowest BCUT2D eigenvalue weighted by Crippen LogP contribution is -2.22. The minimum atomic E-state index is -0.0669. The molecule has 0 saturated heterocycles. The van der Waals surface area contributed by atoms with E-state index >= 15 is 0 Å². The Morgan fingerprint density at radius 1 is 1.09 bits per heavy atom. The van der Waals surface area contributed by atoms with E-state index in [4.69, 9.17) is 4.74 Å². The Morgan fingerprint density at radius 2 is 1.87 bits per heavy atom. The SMILES string of the molecule is CCCCC(Oc1cccc(C(=O)NCC)c1)c1ccccc1. The van der Waals surface area contributed by atoms with Crippen LogP contribution < -0.4 is 10.1 Å². The summed E-state index contributed by atoms with van der Waals surface area (Å²) in [6.07, 6.45) is 3.22. The Bertz CT molecular complexity index is 610. The molecule has 0 aliphatic rings. The number of carbonyl (C=O) groups excluding carboxylic acids is 1. The molecule has 0 saturated carbocycles. The maximum Gasteiger partial charge on any atom is 0.251 e. The average molecular weight is 311 g/mol. The van der Waals surface area contributed by atoms with Crippen LogP contribution in [0.2, 0.25) is 0 Å². The highest BCUT2D eigenvalue weighted by atomic mass is 16.5. The minimum Gasteiger partial charge on any atom is -0.486 e. The first kappa shape index (κ1) is 17.1. The third kappa shape index (κ3) is 5.13. The molecule has 3 heteroatoms. The van der Waals surface area contributed by atoms with Gasteiger partial charge < -0.3 is 10.1 Å². The first-order valence-electron chi connectivity index (χ1n) is 8.34. The average Bonchev–Trinajstić information content (AvgIpc) is 2.60. The van der Waals surface area contributed by atoms with Crippen molar-refractivity contribution in [3.8, 4) is 5.75 Å². The lowest BCUT2D eigenvalue weighted by molar-refractivity contribution is 0.0955. The van der Waals surface area contributed by atoms with E-state index in [0.717, 1.165) is 25.0 Å². The fourth-order valence-corrected chi connectivity index (χ4v) is 2.49. The van der Waals surface area contributed by atoms with Crippen molar-refractivity contribution >= 4 is 5.91 Å². The highest BCUT2D eigenvalue weighted by Gasteiger charge is 2.14. The molecule has 1 amide bonds. The second-order valence-corrected chi connectivity index (χ2v) is 5.55. The van der Waals surface area contributed by atoms with Gasteiger partial charge in [-0.25, -0.2) is 0 Å². The number of carbonyl (C=O) groups is 1. The molecule has 0 aromatic heterocycles. The molecule has 1 unspecified atom stereocenters. The van der Waals surface area contributed by atoms with Crippen LogP contribution in [0.1, 0.15) is 55.1 Å². The van der Waals surface area contributed by atoms with Gasteiger partial charge in [-0.3, -0.25) is 4.79 Å². The van der Waals surface area contributed by atoms with Gasteiger partial charge in [0, 0.05) is 12.1 Å². The van der Waals surface area contributed by atoms with Gasteiger partial charge in [0.05, 0.1) is 0 Å². The lowest BCUT2D eigenvalue weighted by Gasteiger charge is -2.20. The van der Waals surface area contributed by atoms with E-state index in [1.54, 1.807) is 6.07 Å². The van der Waals surface area contributed by atoms with Crippen molar-refractivity contribution in [2.45, 2.75) is 39.2 Å². The van der Waals surface area contributed by atoms with Gasteiger partial charge in [-0.2, -0.15) is 0 Å². The van der Waals surface area contributed by atoms with Crippen molar-refractivity contribution in [2.75, 3.05) is 6.54 Å². The van der Waals surface area contributed by atoms with Gasteiger partial charge in [0.2, 0.25) is 0 Å². The van der Waals surface area contributed by atoms with Gasteiger partial charge in [-0.1, -0.05) is 49.7 Å². The number of hydrogen-bond acceptors (Lipinski definition) is 2. The highest BCUT2D eigenvalue weighted by Crippen LogP contribution is 2.27. The molecule has 0 fully saturated rings. The van der Waals surface area contributed by atoms with Gasteiger partial charge in [-0.05, 0) is 43.5 Å². The van der Waals surface area contributed by atoms with E-state index in [9.17, 15) is 4.79 Å². The summed E-state index contributed by atoms with van der Waals surface area (Å²) in [7, 11) is 0. The number of rotatable bonds is 8. The predicted molar refractivity (Wildman–Crippen MR) is 93.8 cm³/mol. The van der Waals surface area contributed by atoms with Crippen LogP contribution in [-0.4, -0.2) is 12.5 Å². The van der Waals surface area contributed by atoms with Crippen molar-refractivity contribution in [1.29, 1.82) is 0 Å². The van der Waals surface area contributed by atoms with Crippen LogP contribution in [-0.2, 0) is 0 Å². The normalized spacial score (nSPS) is 11.7. The largest absolute Gasteiger partial charge is 0.486 e. The third-order valence-corrected chi connectivity index (χ3v) is 3.70. The molecular formula is C20H25NO2. The van der Waals surface area contributed by atoms with Crippen LogP contribution >= 0.6 is 0 Å². The van der Waals surface area contributed by atoms with Gasteiger partial charge >= 0.3 is 0 Å². The van der Waals surface area contributed by atoms with Crippen molar-refractivity contribution in [3.63, 3.8) is 0 Å². The smallest absolute Gasteiger partial charge is 0.251 e. The van der Waals surface area contributed by atoms with Gasteiger partial charge in [0.1, 0.15) is 11.9 Å². The summed E-state index contributed by atoms with van der Waals surface area (Å²) in [5, 5.41) is 2.81. The summed E-state index contributed by atoms with van der Waals surface area (Å²) < 4.78 is 6.19. The topological polar surface area (TPSA) is 38.3 Å². The van der Waals surface area contributed by atoms with E-state index in [0.29, 0.717) is 12.1 Å². The number of hydrogen-bond donors (Lipinski definition) is 1. The highest BCUT2D eigenvalue weighted by molar-refractivity contribution is 5.94. The zero-order valence-electron chi connectivity index (χ0n) is 13.9. The quantitative estimate of drug-likeness (QED) is 0.764. The molecule has 3 nitrogen and oxygen atoms in total. The molecular weight excluding hydrogens is 286 g/mol. The fourth-order valence-electron chi connectivity index (χ4n) is 2.49. The van der Waals surface area contributed by atoms with Crippen molar-refractivity contribution in [3.05, 3.63) is 65.7 Å². The molecule has 2 aromatic rings. The van der Waals surface area contributed by atoms with Crippen LogP contribution in [0.3, 0.4) is 0 Å². The third-order valence-electron chi connectivity index (χ3n) is 3.70. The molecule has 1 N–H and O–H groups in total. The summed E-state index contributed by atoms with van der Waals surface area (Å²) in [6.45, 7) is 4.71. The second-order valence-electron chi connectivity index (χ2n) is 5.55. The monoisotopic (exact) mass is 311 g/mol. The van der Waals surface area contributed by atoms with Gasteiger partial charge in [0.25, 0.3) is 5.91 Å². The molecule has 0 aliphatic carbocycles. The van der Waals surface area contributed by atoms with E-state index in [1.165, 1.54) is 5.56 Å². The van der Waals surface area contributed by atoms with Crippen LogP contribution in [0.4, 0.5) is 0 Å². The molecule has 23 heavy (non-hydrogen) atoms. The van der Waals surface area contributed by atoms with E-state index in [1.807, 2.05) is 43.3 Å². The summed E-state index contributed by atoms with van der Waals surface area (Å²) >= 11 is 0. The Balaban J connectivity index is 2.16. The molecule has 0 heterocycles. The maximum absolute atomic E-state index is 12.0.